The Kier molecular flexibility index (Phi) is 6.15. The average Bonchev–Trinajstić information content (AvgIpc) is 2.77. The predicted octanol–water partition coefficient (Wildman–Crippen LogP) is 4.25. The number of nitrogens with one attached hydrogen (secondary N) is 1. The topological polar surface area (TPSA) is 41.6 Å². The summed E-state index contributed by atoms with van der Waals surface area (Å²) < 4.78 is 5.70. The number of ether oxygens (including phenoxy) is 1. The van der Waals surface area contributed by atoms with E-state index in [1.807, 2.05) is 6.07 Å². The molecule has 28 heavy (non-hydrogen) atoms. The maximum atomic E-state index is 12.1. The summed E-state index contributed by atoms with van der Waals surface area (Å²) in [6.45, 7) is 2.89. The molecular weight excluding hydrogens is 348 g/mol. The lowest BCUT2D eigenvalue weighted by atomic mass is 9.92. The van der Waals surface area contributed by atoms with Gasteiger partial charge in [0.05, 0.1) is 0 Å². The van der Waals surface area contributed by atoms with Crippen molar-refractivity contribution in [3.05, 3.63) is 59.2 Å². The summed E-state index contributed by atoms with van der Waals surface area (Å²) in [5, 5.41) is 2.95. The Hall–Kier alpha value is -2.49. The van der Waals surface area contributed by atoms with E-state index in [1.165, 1.54) is 48.9 Å². The molecule has 148 valence electrons. The van der Waals surface area contributed by atoms with E-state index < -0.39 is 0 Å². The number of piperidine rings is 1. The molecule has 1 amide bonds. The Balaban J connectivity index is 1.23. The summed E-state index contributed by atoms with van der Waals surface area (Å²) in [7, 11) is 0. The zero-order valence-electron chi connectivity index (χ0n) is 16.6. The van der Waals surface area contributed by atoms with E-state index in [2.05, 4.69) is 46.6 Å². The van der Waals surface area contributed by atoms with Gasteiger partial charge < -0.3 is 15.0 Å². The molecule has 4 nitrogen and oxygen atoms in total. The molecule has 0 bridgehead atoms. The zero-order valence-corrected chi connectivity index (χ0v) is 16.6. The van der Waals surface area contributed by atoms with E-state index in [9.17, 15) is 4.79 Å². The van der Waals surface area contributed by atoms with Gasteiger partial charge in [0, 0.05) is 25.3 Å². The van der Waals surface area contributed by atoms with Gasteiger partial charge in [-0.15, -0.1) is 0 Å². The SMILES string of the molecule is O=C(COc1ccc2c(c1)CCCC2)NCc1ccc(N2CCCCC2)cc1. The largest absolute Gasteiger partial charge is 0.484 e. The maximum Gasteiger partial charge on any atom is 0.258 e. The average molecular weight is 379 g/mol. The molecule has 2 aromatic carbocycles. The summed E-state index contributed by atoms with van der Waals surface area (Å²) in [5.41, 5.74) is 5.20. The molecule has 0 saturated carbocycles. The van der Waals surface area contributed by atoms with Crippen LogP contribution in [0.3, 0.4) is 0 Å². The number of carbonyl (C=O) groups excluding carboxylic acids is 1. The minimum atomic E-state index is -0.0853. The van der Waals surface area contributed by atoms with E-state index in [0.29, 0.717) is 6.54 Å². The normalized spacial score (nSPS) is 16.4. The number of hydrogen-bond acceptors (Lipinski definition) is 3. The van der Waals surface area contributed by atoms with Gasteiger partial charge in [-0.05, 0) is 85.9 Å². The number of benzene rings is 2. The fraction of sp³-hybridized carbons (Fsp3) is 0.458. The third-order valence-corrected chi connectivity index (χ3v) is 5.84. The van der Waals surface area contributed by atoms with Crippen LogP contribution in [0.2, 0.25) is 0 Å². The van der Waals surface area contributed by atoms with Crippen LogP contribution in [0.25, 0.3) is 0 Å². The van der Waals surface area contributed by atoms with Crippen LogP contribution in [-0.2, 0) is 24.2 Å². The van der Waals surface area contributed by atoms with Crippen molar-refractivity contribution in [3.63, 3.8) is 0 Å². The first-order chi connectivity index (χ1) is 13.8. The number of amides is 1. The fourth-order valence-electron chi connectivity index (χ4n) is 4.18. The Labute approximate surface area is 167 Å². The van der Waals surface area contributed by atoms with Gasteiger partial charge in [0.1, 0.15) is 5.75 Å². The quantitative estimate of drug-likeness (QED) is 0.817. The van der Waals surface area contributed by atoms with E-state index in [4.69, 9.17) is 4.74 Å². The van der Waals surface area contributed by atoms with Crippen LogP contribution in [0.1, 0.15) is 48.8 Å². The Morgan fingerprint density at radius 2 is 1.64 bits per heavy atom. The van der Waals surface area contributed by atoms with Crippen molar-refractivity contribution in [2.75, 3.05) is 24.6 Å². The molecule has 1 heterocycles. The molecule has 1 aliphatic carbocycles. The highest BCUT2D eigenvalue weighted by molar-refractivity contribution is 5.77. The van der Waals surface area contributed by atoms with Gasteiger partial charge in [-0.2, -0.15) is 0 Å². The van der Waals surface area contributed by atoms with Crippen molar-refractivity contribution in [1.29, 1.82) is 0 Å². The second kappa shape index (κ2) is 9.13. The minimum absolute atomic E-state index is 0.0602. The number of nitrogens with zero attached hydrogens (tertiary/aromatic N) is 1. The molecule has 4 heteroatoms. The number of carbonyl (C=O) groups is 1. The lowest BCUT2D eigenvalue weighted by molar-refractivity contribution is -0.123. The number of hydrogen-bond donors (Lipinski definition) is 1. The monoisotopic (exact) mass is 378 g/mol. The van der Waals surface area contributed by atoms with Crippen molar-refractivity contribution in [3.8, 4) is 5.75 Å². The van der Waals surface area contributed by atoms with Crippen molar-refractivity contribution >= 4 is 11.6 Å². The first kappa shape index (κ1) is 18.9. The summed E-state index contributed by atoms with van der Waals surface area (Å²) in [5.74, 6) is 0.708. The van der Waals surface area contributed by atoms with Crippen LogP contribution in [0.5, 0.6) is 5.75 Å². The molecule has 1 fully saturated rings. The third kappa shape index (κ3) is 4.86. The van der Waals surface area contributed by atoms with Gasteiger partial charge in [-0.1, -0.05) is 18.2 Å². The number of anilines is 1. The third-order valence-electron chi connectivity index (χ3n) is 5.84. The Morgan fingerprint density at radius 1 is 0.893 bits per heavy atom. The molecule has 2 aliphatic rings. The van der Waals surface area contributed by atoms with Crippen LogP contribution in [0.4, 0.5) is 5.69 Å². The number of fused-ring (bicyclic) bond motifs is 1. The van der Waals surface area contributed by atoms with Crippen LogP contribution < -0.4 is 15.0 Å². The Bertz CT molecular complexity index is 795. The molecule has 2 aromatic rings. The molecular formula is C24H30N2O2. The molecule has 1 saturated heterocycles. The first-order valence-electron chi connectivity index (χ1n) is 10.6. The van der Waals surface area contributed by atoms with Gasteiger partial charge in [0.25, 0.3) is 5.91 Å². The second-order valence-electron chi connectivity index (χ2n) is 7.92. The number of aryl methyl sites for hydroxylation is 2. The molecule has 0 atom stereocenters. The van der Waals surface area contributed by atoms with Crippen molar-refractivity contribution in [2.45, 2.75) is 51.5 Å². The summed E-state index contributed by atoms with van der Waals surface area (Å²) in [6, 6.07) is 14.8. The molecule has 0 radical (unpaired) electrons. The molecule has 1 N–H and O–H groups in total. The smallest absolute Gasteiger partial charge is 0.258 e. The minimum Gasteiger partial charge on any atom is -0.484 e. The molecule has 0 unspecified atom stereocenters. The van der Waals surface area contributed by atoms with E-state index in [-0.39, 0.29) is 12.5 Å². The second-order valence-corrected chi connectivity index (χ2v) is 7.92. The zero-order chi connectivity index (χ0) is 19.2. The lowest BCUT2D eigenvalue weighted by Crippen LogP contribution is -2.29. The highest BCUT2D eigenvalue weighted by atomic mass is 16.5. The number of rotatable bonds is 6. The summed E-state index contributed by atoms with van der Waals surface area (Å²) in [6.07, 6.45) is 8.69. The van der Waals surface area contributed by atoms with Crippen molar-refractivity contribution < 1.29 is 9.53 Å². The van der Waals surface area contributed by atoms with E-state index in [1.54, 1.807) is 0 Å². The highest BCUT2D eigenvalue weighted by Gasteiger charge is 2.12. The Morgan fingerprint density at radius 3 is 2.43 bits per heavy atom. The standard InChI is InChI=1S/C24H30N2O2/c27-24(18-28-23-13-10-20-6-2-3-7-21(20)16-23)25-17-19-8-11-22(12-9-19)26-14-4-1-5-15-26/h8-13,16H,1-7,14-15,17-18H2,(H,25,27). The lowest BCUT2D eigenvalue weighted by Gasteiger charge is -2.28. The molecule has 0 aromatic heterocycles. The summed E-state index contributed by atoms with van der Waals surface area (Å²) in [4.78, 5) is 14.6. The van der Waals surface area contributed by atoms with Crippen LogP contribution in [0, 0.1) is 0 Å². The maximum absolute atomic E-state index is 12.1. The van der Waals surface area contributed by atoms with Crippen molar-refractivity contribution in [2.24, 2.45) is 0 Å². The summed E-state index contributed by atoms with van der Waals surface area (Å²) >= 11 is 0. The van der Waals surface area contributed by atoms with Crippen LogP contribution in [0.15, 0.2) is 42.5 Å². The van der Waals surface area contributed by atoms with E-state index in [0.717, 1.165) is 37.2 Å². The highest BCUT2D eigenvalue weighted by Crippen LogP contribution is 2.25. The van der Waals surface area contributed by atoms with Gasteiger partial charge in [0.15, 0.2) is 6.61 Å². The van der Waals surface area contributed by atoms with Crippen LogP contribution >= 0.6 is 0 Å². The fourth-order valence-corrected chi connectivity index (χ4v) is 4.18. The molecule has 0 spiro atoms. The van der Waals surface area contributed by atoms with Crippen LogP contribution in [-0.4, -0.2) is 25.6 Å². The van der Waals surface area contributed by atoms with E-state index >= 15 is 0 Å². The molecule has 4 rings (SSSR count). The molecule has 1 aliphatic heterocycles. The van der Waals surface area contributed by atoms with Gasteiger partial charge >= 0.3 is 0 Å². The van der Waals surface area contributed by atoms with Gasteiger partial charge in [-0.25, -0.2) is 0 Å². The first-order valence-corrected chi connectivity index (χ1v) is 10.6. The predicted molar refractivity (Wildman–Crippen MR) is 113 cm³/mol. The van der Waals surface area contributed by atoms with Crippen molar-refractivity contribution in [1.82, 2.24) is 5.32 Å². The van der Waals surface area contributed by atoms with Gasteiger partial charge in [0.2, 0.25) is 0 Å². The van der Waals surface area contributed by atoms with Gasteiger partial charge in [-0.3, -0.25) is 4.79 Å².